The molecule has 2 heterocycles. The number of aliphatic hydroxyl groups excluding tert-OH is 1. The van der Waals surface area contributed by atoms with Crippen LogP contribution in [0.25, 0.3) is 0 Å². The molecule has 7 nitrogen and oxygen atoms in total. The van der Waals surface area contributed by atoms with Crippen molar-refractivity contribution in [2.75, 3.05) is 6.54 Å². The fraction of sp³-hybridized carbons (Fsp3) is 0.370. The lowest BCUT2D eigenvalue weighted by molar-refractivity contribution is -0.125. The Bertz CT molecular complexity index is 1250. The quantitative estimate of drug-likeness (QED) is 0.491. The Labute approximate surface area is 220 Å². The maximum atomic E-state index is 14.0. The molecule has 0 spiro atoms. The molecule has 2 amide bonds. The summed E-state index contributed by atoms with van der Waals surface area (Å²) in [6.45, 7) is 0.893. The van der Waals surface area contributed by atoms with E-state index in [0.717, 1.165) is 12.8 Å². The van der Waals surface area contributed by atoms with Gasteiger partial charge in [-0.1, -0.05) is 60.3 Å². The third-order valence-electron chi connectivity index (χ3n) is 7.19. The molecule has 1 aromatic heterocycles. The van der Waals surface area contributed by atoms with Crippen molar-refractivity contribution >= 4 is 35.0 Å². The molecule has 0 bridgehead atoms. The van der Waals surface area contributed by atoms with Crippen LogP contribution in [-0.2, 0) is 11.3 Å². The molecule has 0 saturated heterocycles. The lowest BCUT2D eigenvalue weighted by Crippen LogP contribution is -2.55. The second kappa shape index (κ2) is 10.6. The lowest BCUT2D eigenvalue weighted by Gasteiger charge is -2.48. The van der Waals surface area contributed by atoms with Gasteiger partial charge in [-0.3, -0.25) is 14.3 Å². The molecule has 9 heteroatoms. The summed E-state index contributed by atoms with van der Waals surface area (Å²) < 4.78 is 1.75. The van der Waals surface area contributed by atoms with Crippen LogP contribution in [0.1, 0.15) is 59.1 Å². The van der Waals surface area contributed by atoms with Crippen molar-refractivity contribution in [1.82, 2.24) is 20.0 Å². The summed E-state index contributed by atoms with van der Waals surface area (Å²) in [5, 5.41) is 19.1. The van der Waals surface area contributed by atoms with E-state index in [0.29, 0.717) is 52.7 Å². The van der Waals surface area contributed by atoms with E-state index in [1.165, 1.54) is 0 Å². The Kier molecular flexibility index (Phi) is 7.32. The molecule has 36 heavy (non-hydrogen) atoms. The van der Waals surface area contributed by atoms with Crippen molar-refractivity contribution in [2.24, 2.45) is 0 Å². The number of nitrogens with one attached hydrogen (secondary N) is 1. The third-order valence-corrected chi connectivity index (χ3v) is 7.75. The largest absolute Gasteiger partial charge is 0.391 e. The Morgan fingerprint density at radius 2 is 1.89 bits per heavy atom. The molecular formula is C27H28Cl2N4O3. The number of carbonyl (C=O) groups excluding carboxylic acids is 2. The first kappa shape index (κ1) is 24.8. The number of amides is 2. The predicted octanol–water partition coefficient (Wildman–Crippen LogP) is 4.59. The van der Waals surface area contributed by atoms with Crippen LogP contribution in [0.2, 0.25) is 10.0 Å². The van der Waals surface area contributed by atoms with Gasteiger partial charge in [0, 0.05) is 34.5 Å². The van der Waals surface area contributed by atoms with Gasteiger partial charge < -0.3 is 15.3 Å². The van der Waals surface area contributed by atoms with E-state index in [4.69, 9.17) is 23.2 Å². The Hall–Kier alpha value is -2.87. The number of rotatable bonds is 6. The molecule has 3 aromatic rings. The maximum Gasteiger partial charge on any atom is 0.255 e. The molecule has 1 unspecified atom stereocenters. The first-order chi connectivity index (χ1) is 17.5. The van der Waals surface area contributed by atoms with Gasteiger partial charge in [0.15, 0.2) is 0 Å². The molecule has 2 aromatic carbocycles. The van der Waals surface area contributed by atoms with E-state index in [2.05, 4.69) is 10.4 Å². The van der Waals surface area contributed by atoms with Gasteiger partial charge in [0.05, 0.1) is 30.7 Å². The van der Waals surface area contributed by atoms with Crippen LogP contribution in [0.4, 0.5) is 0 Å². The topological polar surface area (TPSA) is 87.5 Å². The Morgan fingerprint density at radius 3 is 2.64 bits per heavy atom. The second-order valence-corrected chi connectivity index (χ2v) is 10.2. The zero-order chi connectivity index (χ0) is 25.2. The SMILES string of the molecule is O=C(NCCn1cccn1)[C@@H]1c2ccccc2C(=O)N(C2CCCC[C@@H]2O)[C@H]1c1ccc(Cl)cc1Cl. The van der Waals surface area contributed by atoms with Gasteiger partial charge in [0.25, 0.3) is 5.91 Å². The van der Waals surface area contributed by atoms with Crippen LogP contribution in [0.15, 0.2) is 60.9 Å². The van der Waals surface area contributed by atoms with Crippen molar-refractivity contribution in [2.45, 2.75) is 56.3 Å². The van der Waals surface area contributed by atoms with Crippen LogP contribution in [0.3, 0.4) is 0 Å². The summed E-state index contributed by atoms with van der Waals surface area (Å²) in [6.07, 6.45) is 5.92. The zero-order valence-corrected chi connectivity index (χ0v) is 21.2. The van der Waals surface area contributed by atoms with E-state index < -0.39 is 24.1 Å². The smallest absolute Gasteiger partial charge is 0.255 e. The van der Waals surface area contributed by atoms with Crippen LogP contribution < -0.4 is 5.32 Å². The summed E-state index contributed by atoms with van der Waals surface area (Å²) in [7, 11) is 0. The van der Waals surface area contributed by atoms with Crippen molar-refractivity contribution < 1.29 is 14.7 Å². The molecular weight excluding hydrogens is 499 g/mol. The standard InChI is InChI=1S/C27H28Cl2N4O3/c28-17-10-11-20(21(29)16-17)25-24(26(35)30-13-15-32-14-5-12-31-32)18-6-1-2-7-19(18)27(36)33(25)22-8-3-4-9-23(22)34/h1-2,5-7,10-12,14,16,22-25,34H,3-4,8-9,13,15H2,(H,30,35)/t22?,23-,24+,25-/m0/s1. The van der Waals surface area contributed by atoms with Crippen molar-refractivity contribution in [3.05, 3.63) is 87.7 Å². The number of aliphatic hydroxyl groups is 1. The third kappa shape index (κ3) is 4.75. The highest BCUT2D eigenvalue weighted by atomic mass is 35.5. The fourth-order valence-electron chi connectivity index (χ4n) is 5.52. The zero-order valence-electron chi connectivity index (χ0n) is 19.7. The monoisotopic (exact) mass is 526 g/mol. The minimum absolute atomic E-state index is 0.201. The van der Waals surface area contributed by atoms with E-state index in [1.54, 1.807) is 46.1 Å². The van der Waals surface area contributed by atoms with Crippen LogP contribution in [0, 0.1) is 0 Å². The van der Waals surface area contributed by atoms with E-state index in [9.17, 15) is 14.7 Å². The van der Waals surface area contributed by atoms with Gasteiger partial charge in [-0.15, -0.1) is 0 Å². The molecule has 2 aliphatic rings. The van der Waals surface area contributed by atoms with Gasteiger partial charge >= 0.3 is 0 Å². The van der Waals surface area contributed by atoms with Crippen LogP contribution >= 0.6 is 23.2 Å². The summed E-state index contributed by atoms with van der Waals surface area (Å²) in [6, 6.07) is 13.1. The van der Waals surface area contributed by atoms with Gasteiger partial charge in [0.2, 0.25) is 5.91 Å². The van der Waals surface area contributed by atoms with E-state index in [1.807, 2.05) is 24.4 Å². The van der Waals surface area contributed by atoms with Crippen LogP contribution in [0.5, 0.6) is 0 Å². The molecule has 1 aliphatic carbocycles. The number of nitrogens with zero attached hydrogens (tertiary/aromatic N) is 3. The lowest BCUT2D eigenvalue weighted by atomic mass is 9.76. The van der Waals surface area contributed by atoms with Gasteiger partial charge in [-0.05, 0) is 48.2 Å². The summed E-state index contributed by atoms with van der Waals surface area (Å²) >= 11 is 12.9. The summed E-state index contributed by atoms with van der Waals surface area (Å²) in [4.78, 5) is 29.5. The normalized spacial score (nSPS) is 23.9. The van der Waals surface area contributed by atoms with Gasteiger partial charge in [-0.25, -0.2) is 0 Å². The average Bonchev–Trinajstić information content (AvgIpc) is 3.38. The first-order valence-electron chi connectivity index (χ1n) is 12.3. The molecule has 188 valence electrons. The molecule has 0 radical (unpaired) electrons. The minimum atomic E-state index is -0.718. The number of hydrogen-bond acceptors (Lipinski definition) is 4. The average molecular weight is 527 g/mol. The minimum Gasteiger partial charge on any atom is -0.391 e. The first-order valence-corrected chi connectivity index (χ1v) is 13.0. The van der Waals surface area contributed by atoms with Gasteiger partial charge in [-0.2, -0.15) is 5.10 Å². The molecule has 5 rings (SSSR count). The molecule has 1 aliphatic heterocycles. The highest BCUT2D eigenvalue weighted by molar-refractivity contribution is 6.35. The number of halogens is 2. The highest BCUT2D eigenvalue weighted by Gasteiger charge is 2.48. The van der Waals surface area contributed by atoms with Crippen molar-refractivity contribution in [3.63, 3.8) is 0 Å². The fourth-order valence-corrected chi connectivity index (χ4v) is 6.04. The van der Waals surface area contributed by atoms with E-state index in [-0.39, 0.29) is 11.8 Å². The number of aromatic nitrogens is 2. The summed E-state index contributed by atoms with van der Waals surface area (Å²) in [5.41, 5.74) is 1.76. The van der Waals surface area contributed by atoms with Crippen molar-refractivity contribution in [3.8, 4) is 0 Å². The van der Waals surface area contributed by atoms with E-state index >= 15 is 0 Å². The summed E-state index contributed by atoms with van der Waals surface area (Å²) in [5.74, 6) is -1.13. The van der Waals surface area contributed by atoms with Gasteiger partial charge in [0.1, 0.15) is 0 Å². The number of fused-ring (bicyclic) bond motifs is 1. The van der Waals surface area contributed by atoms with Crippen molar-refractivity contribution in [1.29, 1.82) is 0 Å². The number of benzene rings is 2. The van der Waals surface area contributed by atoms with Crippen LogP contribution in [-0.4, -0.2) is 50.3 Å². The maximum absolute atomic E-state index is 14.0. The Balaban J connectivity index is 1.59. The molecule has 2 N–H and O–H groups in total. The number of carbonyl (C=O) groups is 2. The second-order valence-electron chi connectivity index (χ2n) is 9.37. The number of hydrogen-bond donors (Lipinski definition) is 2. The highest BCUT2D eigenvalue weighted by Crippen LogP contribution is 2.47. The molecule has 1 fully saturated rings. The molecule has 1 saturated carbocycles. The predicted molar refractivity (Wildman–Crippen MR) is 138 cm³/mol. The molecule has 4 atom stereocenters. The Morgan fingerprint density at radius 1 is 1.08 bits per heavy atom.